The van der Waals surface area contributed by atoms with Crippen molar-refractivity contribution in [1.82, 2.24) is 0 Å². The SMILES string of the molecule is CCCCCCCCOc1ccc(-c2ccc(CCCCC)cc2F)c(-c2ccccc2)c1. The second-order valence-corrected chi connectivity index (χ2v) is 8.96. The van der Waals surface area contributed by atoms with Gasteiger partial charge in [-0.2, -0.15) is 0 Å². The standard InChI is InChI=1S/C31H39FO/c1-3-5-7-8-9-14-22-33-27-19-21-28(30(24-27)26-16-12-10-13-17-26)29-20-18-25(23-31(29)32)15-11-6-4-2/h10,12-13,16-21,23-24H,3-9,11,14-15,22H2,1-2H3. The Morgan fingerprint density at radius 2 is 1.33 bits per heavy atom. The van der Waals surface area contributed by atoms with Crippen molar-refractivity contribution in [2.75, 3.05) is 6.61 Å². The Morgan fingerprint density at radius 3 is 2.09 bits per heavy atom. The molecule has 0 spiro atoms. The van der Waals surface area contributed by atoms with E-state index in [0.29, 0.717) is 5.56 Å². The molecule has 0 N–H and O–H groups in total. The number of unbranched alkanes of at least 4 members (excludes halogenated alkanes) is 7. The summed E-state index contributed by atoms with van der Waals surface area (Å²) in [6, 6.07) is 22.0. The molecule has 0 radical (unpaired) electrons. The maximum Gasteiger partial charge on any atom is 0.131 e. The lowest BCUT2D eigenvalue weighted by atomic mass is 9.93. The highest BCUT2D eigenvalue weighted by Crippen LogP contribution is 2.36. The van der Waals surface area contributed by atoms with Crippen molar-refractivity contribution in [1.29, 1.82) is 0 Å². The minimum Gasteiger partial charge on any atom is -0.494 e. The highest BCUT2D eigenvalue weighted by atomic mass is 19.1. The fourth-order valence-electron chi connectivity index (χ4n) is 4.29. The molecule has 0 bridgehead atoms. The predicted octanol–water partition coefficient (Wildman–Crippen LogP) is 9.63. The summed E-state index contributed by atoms with van der Waals surface area (Å²) < 4.78 is 21.3. The highest BCUT2D eigenvalue weighted by Gasteiger charge is 2.13. The summed E-state index contributed by atoms with van der Waals surface area (Å²) in [6.45, 7) is 5.15. The van der Waals surface area contributed by atoms with Crippen LogP contribution in [0, 0.1) is 5.82 Å². The van der Waals surface area contributed by atoms with Crippen molar-refractivity contribution < 1.29 is 9.13 Å². The molecule has 0 aliphatic rings. The third-order valence-corrected chi connectivity index (χ3v) is 6.24. The fraction of sp³-hybridized carbons (Fsp3) is 0.419. The Kier molecular flexibility index (Phi) is 10.5. The van der Waals surface area contributed by atoms with Crippen LogP contribution in [0.15, 0.2) is 66.7 Å². The first-order valence-electron chi connectivity index (χ1n) is 12.8. The van der Waals surface area contributed by atoms with E-state index in [-0.39, 0.29) is 5.82 Å². The molecule has 0 unspecified atom stereocenters. The van der Waals surface area contributed by atoms with Gasteiger partial charge in [0.1, 0.15) is 11.6 Å². The monoisotopic (exact) mass is 446 g/mol. The van der Waals surface area contributed by atoms with E-state index < -0.39 is 0 Å². The van der Waals surface area contributed by atoms with Crippen LogP contribution < -0.4 is 4.74 Å². The number of halogens is 1. The van der Waals surface area contributed by atoms with Gasteiger partial charge < -0.3 is 4.74 Å². The summed E-state index contributed by atoms with van der Waals surface area (Å²) in [5.74, 6) is 0.699. The van der Waals surface area contributed by atoms with E-state index in [2.05, 4.69) is 38.1 Å². The lowest BCUT2D eigenvalue weighted by Gasteiger charge is -2.15. The van der Waals surface area contributed by atoms with E-state index in [4.69, 9.17) is 4.74 Å². The zero-order chi connectivity index (χ0) is 23.3. The minimum absolute atomic E-state index is 0.151. The molecular formula is C31H39FO. The molecule has 0 fully saturated rings. The molecule has 0 atom stereocenters. The predicted molar refractivity (Wildman–Crippen MR) is 139 cm³/mol. The highest BCUT2D eigenvalue weighted by molar-refractivity contribution is 5.84. The number of hydrogen-bond acceptors (Lipinski definition) is 1. The van der Waals surface area contributed by atoms with E-state index in [0.717, 1.165) is 53.9 Å². The summed E-state index contributed by atoms with van der Waals surface area (Å²) in [5, 5.41) is 0. The lowest BCUT2D eigenvalue weighted by Crippen LogP contribution is -1.98. The Hall–Kier alpha value is -2.61. The van der Waals surface area contributed by atoms with Crippen molar-refractivity contribution in [2.45, 2.75) is 78.1 Å². The zero-order valence-corrected chi connectivity index (χ0v) is 20.4. The molecule has 176 valence electrons. The van der Waals surface area contributed by atoms with Crippen LogP contribution in [0.3, 0.4) is 0 Å². The van der Waals surface area contributed by atoms with Crippen LogP contribution in [0.25, 0.3) is 22.3 Å². The average Bonchev–Trinajstić information content (AvgIpc) is 2.84. The molecule has 0 saturated heterocycles. The van der Waals surface area contributed by atoms with Gasteiger partial charge in [-0.15, -0.1) is 0 Å². The molecule has 3 rings (SSSR count). The van der Waals surface area contributed by atoms with Crippen LogP contribution in [-0.2, 0) is 6.42 Å². The van der Waals surface area contributed by atoms with E-state index in [1.54, 1.807) is 6.07 Å². The number of aryl methyl sites for hydroxylation is 1. The third-order valence-electron chi connectivity index (χ3n) is 6.24. The summed E-state index contributed by atoms with van der Waals surface area (Å²) >= 11 is 0. The van der Waals surface area contributed by atoms with Gasteiger partial charge in [0.2, 0.25) is 0 Å². The first-order valence-corrected chi connectivity index (χ1v) is 12.8. The Labute approximate surface area is 200 Å². The van der Waals surface area contributed by atoms with Crippen molar-refractivity contribution in [3.8, 4) is 28.0 Å². The van der Waals surface area contributed by atoms with E-state index in [1.807, 2.05) is 36.4 Å². The zero-order valence-electron chi connectivity index (χ0n) is 20.4. The van der Waals surface area contributed by atoms with Gasteiger partial charge in [0.15, 0.2) is 0 Å². The second kappa shape index (κ2) is 13.8. The maximum atomic E-state index is 15.2. The average molecular weight is 447 g/mol. The number of hydrogen-bond donors (Lipinski definition) is 0. The van der Waals surface area contributed by atoms with Crippen molar-refractivity contribution in [2.24, 2.45) is 0 Å². The summed E-state index contributed by atoms with van der Waals surface area (Å²) in [5.41, 5.74) is 4.71. The van der Waals surface area contributed by atoms with Gasteiger partial charge in [-0.25, -0.2) is 4.39 Å². The molecule has 0 aliphatic carbocycles. The molecule has 33 heavy (non-hydrogen) atoms. The quantitative estimate of drug-likeness (QED) is 0.224. The van der Waals surface area contributed by atoms with Crippen molar-refractivity contribution in [3.63, 3.8) is 0 Å². The summed E-state index contributed by atoms with van der Waals surface area (Å²) in [6.07, 6.45) is 11.9. The Bertz CT molecular complexity index is 964. The second-order valence-electron chi connectivity index (χ2n) is 8.96. The molecule has 3 aromatic rings. The first kappa shape index (κ1) is 25.0. The Balaban J connectivity index is 1.77. The molecule has 3 aromatic carbocycles. The molecule has 0 aromatic heterocycles. The van der Waals surface area contributed by atoms with Gasteiger partial charge in [-0.1, -0.05) is 101 Å². The maximum absolute atomic E-state index is 15.2. The molecule has 2 heteroatoms. The van der Waals surface area contributed by atoms with Gasteiger partial charge in [0.25, 0.3) is 0 Å². The van der Waals surface area contributed by atoms with Crippen LogP contribution in [0.5, 0.6) is 5.75 Å². The van der Waals surface area contributed by atoms with Crippen LogP contribution >= 0.6 is 0 Å². The Morgan fingerprint density at radius 1 is 0.636 bits per heavy atom. The van der Waals surface area contributed by atoms with Gasteiger partial charge >= 0.3 is 0 Å². The van der Waals surface area contributed by atoms with E-state index in [1.165, 1.54) is 44.9 Å². The molecule has 1 nitrogen and oxygen atoms in total. The number of ether oxygens (including phenoxy) is 1. The molecular weight excluding hydrogens is 407 g/mol. The van der Waals surface area contributed by atoms with Gasteiger partial charge in [0, 0.05) is 5.56 Å². The smallest absolute Gasteiger partial charge is 0.131 e. The van der Waals surface area contributed by atoms with Crippen molar-refractivity contribution >= 4 is 0 Å². The first-order chi connectivity index (χ1) is 16.2. The van der Waals surface area contributed by atoms with E-state index >= 15 is 4.39 Å². The molecule has 0 aliphatic heterocycles. The van der Waals surface area contributed by atoms with Crippen LogP contribution in [-0.4, -0.2) is 6.61 Å². The summed E-state index contributed by atoms with van der Waals surface area (Å²) in [7, 11) is 0. The summed E-state index contributed by atoms with van der Waals surface area (Å²) in [4.78, 5) is 0. The topological polar surface area (TPSA) is 9.23 Å². The van der Waals surface area contributed by atoms with E-state index in [9.17, 15) is 0 Å². The number of rotatable bonds is 14. The number of benzene rings is 3. The van der Waals surface area contributed by atoms with Crippen LogP contribution in [0.1, 0.15) is 77.2 Å². The van der Waals surface area contributed by atoms with Crippen molar-refractivity contribution in [3.05, 3.63) is 78.1 Å². The van der Waals surface area contributed by atoms with Gasteiger partial charge in [0.05, 0.1) is 6.61 Å². The lowest BCUT2D eigenvalue weighted by molar-refractivity contribution is 0.304. The molecule has 0 heterocycles. The minimum atomic E-state index is -0.151. The van der Waals surface area contributed by atoms with Gasteiger partial charge in [-0.05, 0) is 65.8 Å². The molecule has 0 saturated carbocycles. The largest absolute Gasteiger partial charge is 0.494 e. The van der Waals surface area contributed by atoms with Crippen LogP contribution in [0.2, 0.25) is 0 Å². The van der Waals surface area contributed by atoms with Crippen LogP contribution in [0.4, 0.5) is 4.39 Å². The normalized spacial score (nSPS) is 11.0. The third kappa shape index (κ3) is 7.74. The fourth-order valence-corrected chi connectivity index (χ4v) is 4.29. The molecule has 0 amide bonds. The van der Waals surface area contributed by atoms with Gasteiger partial charge in [-0.3, -0.25) is 0 Å².